The van der Waals surface area contributed by atoms with Crippen LogP contribution in [0.3, 0.4) is 0 Å². The summed E-state index contributed by atoms with van der Waals surface area (Å²) in [5.74, 6) is -0.349. The maximum atomic E-state index is 12.9. The van der Waals surface area contributed by atoms with E-state index in [0.717, 1.165) is 0 Å². The third kappa shape index (κ3) is 4.65. The zero-order valence-corrected chi connectivity index (χ0v) is 14.1. The number of carbonyl (C=O) groups is 1. The summed E-state index contributed by atoms with van der Waals surface area (Å²) in [4.78, 5) is 20.4. The van der Waals surface area contributed by atoms with Gasteiger partial charge in [0.05, 0.1) is 12.4 Å². The molecular weight excluding hydrogens is 366 g/mol. The number of hydrogen-bond acceptors (Lipinski definition) is 4. The maximum absolute atomic E-state index is 12.9. The second kappa shape index (κ2) is 7.46. The second-order valence-corrected chi connectivity index (χ2v) is 5.90. The highest BCUT2D eigenvalue weighted by Crippen LogP contribution is 2.22. The van der Waals surface area contributed by atoms with Crippen LogP contribution in [0.5, 0.6) is 0 Å². The van der Waals surface area contributed by atoms with Crippen molar-refractivity contribution in [3.05, 3.63) is 76.4 Å². The molecule has 126 valence electrons. The van der Waals surface area contributed by atoms with Crippen LogP contribution < -0.4 is 10.6 Å². The molecule has 3 aromatic rings. The zero-order valence-electron chi connectivity index (χ0n) is 12.6. The summed E-state index contributed by atoms with van der Waals surface area (Å²) in [6.45, 7) is 0. The molecule has 0 aliphatic carbocycles. The zero-order chi connectivity index (χ0) is 17.8. The van der Waals surface area contributed by atoms with Gasteiger partial charge in [0.2, 0.25) is 0 Å². The quantitative estimate of drug-likeness (QED) is 0.678. The van der Waals surface area contributed by atoms with Gasteiger partial charge in [-0.1, -0.05) is 23.2 Å². The van der Waals surface area contributed by atoms with Crippen LogP contribution in [0.4, 0.5) is 21.6 Å². The van der Waals surface area contributed by atoms with Crippen LogP contribution in [0.15, 0.2) is 54.9 Å². The molecule has 0 saturated carbocycles. The van der Waals surface area contributed by atoms with Gasteiger partial charge in [-0.25, -0.2) is 14.4 Å². The molecule has 0 unspecified atom stereocenters. The van der Waals surface area contributed by atoms with Crippen molar-refractivity contribution in [1.82, 2.24) is 9.97 Å². The van der Waals surface area contributed by atoms with Crippen molar-refractivity contribution in [2.75, 3.05) is 10.6 Å². The fourth-order valence-electron chi connectivity index (χ4n) is 2.01. The number of nitrogens with one attached hydrogen (secondary N) is 2. The van der Waals surface area contributed by atoms with Crippen LogP contribution in [0.25, 0.3) is 0 Å². The standard InChI is InChI=1S/C17H11Cl2FN4O/c18-10-5-11(19)7-14(6-10)24-17(25)15-8-22-16(9-21-15)23-13-3-1-12(20)2-4-13/h1-9H,(H,22,23)(H,24,25). The van der Waals surface area contributed by atoms with E-state index in [0.29, 0.717) is 27.2 Å². The summed E-state index contributed by atoms with van der Waals surface area (Å²) < 4.78 is 12.9. The maximum Gasteiger partial charge on any atom is 0.275 e. The van der Waals surface area contributed by atoms with Gasteiger partial charge in [0, 0.05) is 21.4 Å². The van der Waals surface area contributed by atoms with Crippen molar-refractivity contribution in [2.24, 2.45) is 0 Å². The molecular formula is C17H11Cl2FN4O. The molecule has 1 amide bonds. The largest absolute Gasteiger partial charge is 0.339 e. The molecule has 0 radical (unpaired) electrons. The van der Waals surface area contributed by atoms with E-state index >= 15 is 0 Å². The van der Waals surface area contributed by atoms with E-state index in [1.54, 1.807) is 30.3 Å². The van der Waals surface area contributed by atoms with Crippen molar-refractivity contribution >= 4 is 46.3 Å². The number of carbonyl (C=O) groups excluding carboxylic acids is 1. The Hall–Kier alpha value is -2.70. The first-order chi connectivity index (χ1) is 12.0. The van der Waals surface area contributed by atoms with Crippen LogP contribution >= 0.6 is 23.2 Å². The number of hydrogen-bond donors (Lipinski definition) is 2. The van der Waals surface area contributed by atoms with E-state index in [4.69, 9.17) is 23.2 Å². The van der Waals surface area contributed by atoms with Crippen molar-refractivity contribution in [3.8, 4) is 0 Å². The van der Waals surface area contributed by atoms with Gasteiger partial charge in [-0.2, -0.15) is 0 Å². The molecule has 0 fully saturated rings. The van der Waals surface area contributed by atoms with Gasteiger partial charge >= 0.3 is 0 Å². The summed E-state index contributed by atoms with van der Waals surface area (Å²) in [5, 5.41) is 6.42. The van der Waals surface area contributed by atoms with Gasteiger partial charge in [-0.05, 0) is 42.5 Å². The Morgan fingerprint density at radius 3 is 2.20 bits per heavy atom. The SMILES string of the molecule is O=C(Nc1cc(Cl)cc(Cl)c1)c1cnc(Nc2ccc(F)cc2)cn1. The van der Waals surface area contributed by atoms with Crippen molar-refractivity contribution < 1.29 is 9.18 Å². The number of anilines is 3. The lowest BCUT2D eigenvalue weighted by atomic mass is 10.3. The Kier molecular flexibility index (Phi) is 5.11. The Balaban J connectivity index is 1.68. The molecule has 1 heterocycles. The van der Waals surface area contributed by atoms with Gasteiger partial charge in [0.25, 0.3) is 5.91 Å². The number of halogens is 3. The lowest BCUT2D eigenvalue weighted by molar-refractivity contribution is 0.102. The first kappa shape index (κ1) is 17.1. The number of rotatable bonds is 4. The normalized spacial score (nSPS) is 10.4. The molecule has 3 rings (SSSR count). The average molecular weight is 377 g/mol. The Morgan fingerprint density at radius 2 is 1.60 bits per heavy atom. The van der Waals surface area contributed by atoms with E-state index in [-0.39, 0.29) is 11.5 Å². The highest BCUT2D eigenvalue weighted by molar-refractivity contribution is 6.35. The van der Waals surface area contributed by atoms with Crippen LogP contribution in [0.1, 0.15) is 10.5 Å². The Morgan fingerprint density at radius 1 is 0.920 bits per heavy atom. The lowest BCUT2D eigenvalue weighted by Gasteiger charge is -2.07. The summed E-state index contributed by atoms with van der Waals surface area (Å²) in [7, 11) is 0. The summed E-state index contributed by atoms with van der Waals surface area (Å²) in [5.41, 5.74) is 1.24. The molecule has 25 heavy (non-hydrogen) atoms. The molecule has 0 atom stereocenters. The monoisotopic (exact) mass is 376 g/mol. The minimum atomic E-state index is -0.445. The van der Waals surface area contributed by atoms with Crippen LogP contribution in [-0.2, 0) is 0 Å². The van der Waals surface area contributed by atoms with Crippen LogP contribution in [0, 0.1) is 5.82 Å². The van der Waals surface area contributed by atoms with E-state index in [1.807, 2.05) is 0 Å². The smallest absolute Gasteiger partial charge is 0.275 e. The number of nitrogens with zero attached hydrogens (tertiary/aromatic N) is 2. The van der Waals surface area contributed by atoms with Crippen molar-refractivity contribution in [3.63, 3.8) is 0 Å². The summed E-state index contributed by atoms with van der Waals surface area (Å²) in [6, 6.07) is 10.5. The first-order valence-corrected chi connectivity index (χ1v) is 7.87. The Bertz CT molecular complexity index is 881. The lowest BCUT2D eigenvalue weighted by Crippen LogP contribution is -2.14. The molecule has 0 aliphatic rings. The number of amides is 1. The van der Waals surface area contributed by atoms with Gasteiger partial charge in [-0.15, -0.1) is 0 Å². The minimum absolute atomic E-state index is 0.126. The predicted octanol–water partition coefficient (Wildman–Crippen LogP) is 4.92. The predicted molar refractivity (Wildman–Crippen MR) is 96.1 cm³/mol. The minimum Gasteiger partial charge on any atom is -0.339 e. The van der Waals surface area contributed by atoms with Crippen molar-refractivity contribution in [1.29, 1.82) is 0 Å². The molecule has 2 N–H and O–H groups in total. The third-order valence-corrected chi connectivity index (χ3v) is 3.56. The van der Waals surface area contributed by atoms with E-state index in [9.17, 15) is 9.18 Å². The van der Waals surface area contributed by atoms with Crippen molar-refractivity contribution in [2.45, 2.75) is 0 Å². The van der Waals surface area contributed by atoms with Gasteiger partial charge in [0.1, 0.15) is 17.3 Å². The second-order valence-electron chi connectivity index (χ2n) is 5.03. The molecule has 0 bridgehead atoms. The molecule has 0 saturated heterocycles. The van der Waals surface area contributed by atoms with Crippen LogP contribution in [-0.4, -0.2) is 15.9 Å². The molecule has 8 heteroatoms. The van der Waals surface area contributed by atoms with Gasteiger partial charge in [0.15, 0.2) is 0 Å². The number of benzene rings is 2. The summed E-state index contributed by atoms with van der Waals surface area (Å²) in [6.07, 6.45) is 2.73. The molecule has 0 aliphatic heterocycles. The molecule has 0 spiro atoms. The van der Waals surface area contributed by atoms with E-state index in [1.165, 1.54) is 24.5 Å². The highest BCUT2D eigenvalue weighted by Gasteiger charge is 2.10. The average Bonchev–Trinajstić information content (AvgIpc) is 2.56. The molecule has 2 aromatic carbocycles. The van der Waals surface area contributed by atoms with Gasteiger partial charge in [-0.3, -0.25) is 4.79 Å². The molecule has 1 aromatic heterocycles. The summed E-state index contributed by atoms with van der Waals surface area (Å²) >= 11 is 11.8. The fourth-order valence-corrected chi connectivity index (χ4v) is 2.54. The van der Waals surface area contributed by atoms with Crippen LogP contribution in [0.2, 0.25) is 10.0 Å². The third-order valence-electron chi connectivity index (χ3n) is 3.12. The fraction of sp³-hybridized carbons (Fsp3) is 0. The number of aromatic nitrogens is 2. The van der Waals surface area contributed by atoms with Gasteiger partial charge < -0.3 is 10.6 Å². The Labute approximate surface area is 152 Å². The highest BCUT2D eigenvalue weighted by atomic mass is 35.5. The van der Waals surface area contributed by atoms with E-state index in [2.05, 4.69) is 20.6 Å². The van der Waals surface area contributed by atoms with E-state index < -0.39 is 5.91 Å². The first-order valence-electron chi connectivity index (χ1n) is 7.12. The molecule has 5 nitrogen and oxygen atoms in total. The topological polar surface area (TPSA) is 66.9 Å².